The Bertz CT molecular complexity index is 1420. The highest BCUT2D eigenvalue weighted by molar-refractivity contribution is 6.25. The number of aromatic hydroxyl groups is 1. The van der Waals surface area contributed by atoms with E-state index in [0.717, 1.165) is 0 Å². The number of ether oxygens (including phenoxy) is 1. The van der Waals surface area contributed by atoms with Gasteiger partial charge in [-0.25, -0.2) is 4.79 Å². The number of phenols is 1. The molecule has 1 aromatic rings. The number of rotatable bonds is 8. The number of hydrogen-bond donors (Lipinski definition) is 7. The lowest BCUT2D eigenvalue weighted by Gasteiger charge is -2.53. The molecule has 13 heteroatoms. The molecule has 0 saturated carbocycles. The topological polar surface area (TPSA) is 220 Å². The second-order valence-electron chi connectivity index (χ2n) is 11.2. The summed E-state index contributed by atoms with van der Waals surface area (Å²) >= 11 is 0. The Morgan fingerprint density at radius 2 is 1.81 bits per heavy atom. The molecular weight excluding hydrogens is 550 g/mol. The summed E-state index contributed by atoms with van der Waals surface area (Å²) in [4.78, 5) is 53.5. The summed E-state index contributed by atoms with van der Waals surface area (Å²) in [6.45, 7) is 5.30. The molecule has 1 unspecified atom stereocenters. The maximum absolute atomic E-state index is 14.0. The van der Waals surface area contributed by atoms with Crippen LogP contribution in [0, 0.1) is 11.8 Å². The van der Waals surface area contributed by atoms with Gasteiger partial charge in [-0.05, 0) is 45.0 Å². The molecule has 0 heterocycles. The lowest BCUT2D eigenvalue weighted by Crippen LogP contribution is -2.68. The minimum Gasteiger partial charge on any atom is -0.510 e. The van der Waals surface area contributed by atoms with Crippen molar-refractivity contribution in [3.8, 4) is 5.75 Å². The SMILES string of the molecule is CCCC(Nc1ccc2c(c1O)C(=O)C1=C(O)[C@@]3(O)C(=O)C(C(N)=O)=C(O)[C@@H](N(C)C)[C@@H]3[C@H](O)[C@@H]1[C@@H]2C)C(=O)OCC. The molecule has 228 valence electrons. The smallest absolute Gasteiger partial charge is 0.328 e. The molecule has 42 heavy (non-hydrogen) atoms. The highest BCUT2D eigenvalue weighted by atomic mass is 16.5. The van der Waals surface area contributed by atoms with E-state index in [-0.39, 0.29) is 17.9 Å². The molecule has 0 bridgehead atoms. The molecule has 7 atom stereocenters. The number of carbonyl (C=O) groups excluding carboxylic acids is 4. The number of likely N-dealkylation sites (N-methyl/N-ethyl adjacent to an activating group) is 1. The Balaban J connectivity index is 1.91. The van der Waals surface area contributed by atoms with Crippen LogP contribution in [0.2, 0.25) is 0 Å². The van der Waals surface area contributed by atoms with Crippen molar-refractivity contribution in [2.24, 2.45) is 17.6 Å². The van der Waals surface area contributed by atoms with Gasteiger partial charge in [0.25, 0.3) is 5.91 Å². The van der Waals surface area contributed by atoms with E-state index in [2.05, 4.69) is 5.32 Å². The van der Waals surface area contributed by atoms with Gasteiger partial charge in [0, 0.05) is 11.5 Å². The summed E-state index contributed by atoms with van der Waals surface area (Å²) in [7, 11) is 2.94. The zero-order valence-corrected chi connectivity index (χ0v) is 24.0. The Labute approximate surface area is 242 Å². The van der Waals surface area contributed by atoms with Gasteiger partial charge < -0.3 is 41.3 Å². The van der Waals surface area contributed by atoms with Gasteiger partial charge >= 0.3 is 5.97 Å². The first-order valence-electron chi connectivity index (χ1n) is 13.8. The van der Waals surface area contributed by atoms with E-state index in [0.29, 0.717) is 18.4 Å². The van der Waals surface area contributed by atoms with Crippen molar-refractivity contribution >= 4 is 29.1 Å². The maximum atomic E-state index is 14.0. The van der Waals surface area contributed by atoms with E-state index in [4.69, 9.17) is 10.5 Å². The van der Waals surface area contributed by atoms with Crippen molar-refractivity contribution in [1.82, 2.24) is 4.90 Å². The predicted octanol–water partition coefficient (Wildman–Crippen LogP) is 0.796. The molecule has 0 fully saturated rings. The molecule has 1 amide bonds. The number of esters is 1. The predicted molar refractivity (Wildman–Crippen MR) is 149 cm³/mol. The molecule has 0 aromatic heterocycles. The van der Waals surface area contributed by atoms with Gasteiger partial charge in [0.05, 0.1) is 35.9 Å². The van der Waals surface area contributed by atoms with E-state index in [1.807, 2.05) is 6.92 Å². The summed E-state index contributed by atoms with van der Waals surface area (Å²) in [5.74, 6) is -10.2. The second-order valence-corrected chi connectivity index (χ2v) is 11.2. The summed E-state index contributed by atoms with van der Waals surface area (Å²) < 4.78 is 5.11. The van der Waals surface area contributed by atoms with Crippen molar-refractivity contribution in [2.45, 2.75) is 63.3 Å². The third kappa shape index (κ3) is 4.34. The molecule has 0 saturated heterocycles. The first kappa shape index (κ1) is 31.0. The largest absolute Gasteiger partial charge is 0.510 e. The Hall–Kier alpha value is -3.94. The number of amides is 1. The highest BCUT2D eigenvalue weighted by Gasteiger charge is 2.67. The van der Waals surface area contributed by atoms with Crippen LogP contribution in [0.1, 0.15) is 55.5 Å². The molecule has 8 N–H and O–H groups in total. The van der Waals surface area contributed by atoms with Gasteiger partial charge in [-0.3, -0.25) is 19.3 Å². The van der Waals surface area contributed by atoms with E-state index >= 15 is 0 Å². The Kier molecular flexibility index (Phi) is 8.15. The number of ketones is 2. The number of nitrogens with one attached hydrogen (secondary N) is 1. The number of aliphatic hydroxyl groups is 4. The quantitative estimate of drug-likeness (QED) is 0.128. The first-order chi connectivity index (χ1) is 19.7. The molecule has 1 aromatic carbocycles. The normalized spacial score (nSPS) is 29.6. The third-order valence-corrected chi connectivity index (χ3v) is 8.61. The molecule has 13 nitrogen and oxygen atoms in total. The van der Waals surface area contributed by atoms with Crippen LogP contribution in [0.15, 0.2) is 34.8 Å². The number of fused-ring (bicyclic) bond motifs is 3. The fraction of sp³-hybridized carbons (Fsp3) is 0.517. The number of benzene rings is 1. The zero-order chi connectivity index (χ0) is 31.4. The maximum Gasteiger partial charge on any atom is 0.328 e. The number of primary amides is 1. The van der Waals surface area contributed by atoms with Crippen LogP contribution in [-0.2, 0) is 19.1 Å². The zero-order valence-electron chi connectivity index (χ0n) is 24.0. The van der Waals surface area contributed by atoms with Gasteiger partial charge in [0.15, 0.2) is 11.4 Å². The number of anilines is 1. The number of carbonyl (C=O) groups is 4. The van der Waals surface area contributed by atoms with Gasteiger partial charge in [0.1, 0.15) is 28.9 Å². The van der Waals surface area contributed by atoms with Gasteiger partial charge in [-0.15, -0.1) is 0 Å². The van der Waals surface area contributed by atoms with Crippen LogP contribution in [0.5, 0.6) is 5.75 Å². The van der Waals surface area contributed by atoms with E-state index in [9.17, 15) is 44.7 Å². The fourth-order valence-electron chi connectivity index (χ4n) is 6.71. The van der Waals surface area contributed by atoms with Gasteiger partial charge in [-0.2, -0.15) is 0 Å². The van der Waals surface area contributed by atoms with Crippen LogP contribution in [0.3, 0.4) is 0 Å². The number of Topliss-reactive ketones (excluding diaryl/α,β-unsaturated/α-hetero) is 2. The van der Waals surface area contributed by atoms with Gasteiger partial charge in [-0.1, -0.05) is 26.3 Å². The Morgan fingerprint density at radius 3 is 2.36 bits per heavy atom. The fourth-order valence-corrected chi connectivity index (χ4v) is 6.71. The van der Waals surface area contributed by atoms with E-state index in [1.54, 1.807) is 19.9 Å². The van der Waals surface area contributed by atoms with Crippen LogP contribution in [0.25, 0.3) is 0 Å². The lowest BCUT2D eigenvalue weighted by molar-refractivity contribution is -0.162. The van der Waals surface area contributed by atoms with Crippen LogP contribution in [-0.4, -0.2) is 98.4 Å². The van der Waals surface area contributed by atoms with E-state index < -0.39 is 93.4 Å². The monoisotopic (exact) mass is 587 g/mol. The van der Waals surface area contributed by atoms with Crippen LogP contribution in [0.4, 0.5) is 5.69 Å². The van der Waals surface area contributed by atoms with Crippen molar-refractivity contribution in [3.63, 3.8) is 0 Å². The summed E-state index contributed by atoms with van der Waals surface area (Å²) in [5.41, 5.74) is 0.984. The summed E-state index contributed by atoms with van der Waals surface area (Å²) in [6, 6.07) is 0.868. The first-order valence-corrected chi connectivity index (χ1v) is 13.8. The highest BCUT2D eigenvalue weighted by Crippen LogP contribution is 2.56. The molecule has 4 rings (SSSR count). The number of hydrogen-bond acceptors (Lipinski definition) is 12. The van der Waals surface area contributed by atoms with Crippen LogP contribution < -0.4 is 11.1 Å². The van der Waals surface area contributed by atoms with Crippen molar-refractivity contribution in [2.75, 3.05) is 26.0 Å². The minimum absolute atomic E-state index is 0.0394. The summed E-state index contributed by atoms with van der Waals surface area (Å²) in [5, 5.41) is 60.0. The number of nitrogens with zero attached hydrogens (tertiary/aromatic N) is 1. The average Bonchev–Trinajstić information content (AvgIpc) is 2.91. The van der Waals surface area contributed by atoms with Crippen LogP contribution >= 0.6 is 0 Å². The van der Waals surface area contributed by atoms with Crippen molar-refractivity contribution in [3.05, 3.63) is 45.9 Å². The standard InChI is InChI=1S/C29H37N3O10/c1-6-8-14(28(40)42-7-2)31-13-10-9-12-11(3)15-17(22(34)16(12)21(13)33)25(37)29(41)19(23(15)35)20(32(4)5)24(36)18(26(29)38)27(30)39/h9-11,14-15,19-20,23,31,33,35-37,41H,6-8H2,1-5H3,(H2,30,39)/t11-,14?,15-,19-,20+,23-,29-/m1/s1. The number of phenolic OH excluding ortho intramolecular Hbond substituents is 1. The molecular formula is C29H37N3O10. The number of aliphatic hydroxyl groups excluding tert-OH is 3. The minimum atomic E-state index is -2.99. The van der Waals surface area contributed by atoms with Gasteiger partial charge in [0.2, 0.25) is 5.78 Å². The average molecular weight is 588 g/mol. The lowest BCUT2D eigenvalue weighted by atomic mass is 9.55. The molecule has 0 aliphatic heterocycles. The third-order valence-electron chi connectivity index (χ3n) is 8.61. The van der Waals surface area contributed by atoms with Crippen molar-refractivity contribution < 1.29 is 49.4 Å². The van der Waals surface area contributed by atoms with E-state index in [1.165, 1.54) is 25.1 Å². The molecule has 0 spiro atoms. The molecule has 3 aliphatic rings. The second kappa shape index (κ2) is 11.0. The number of nitrogens with two attached hydrogens (primary N) is 1. The molecule has 3 aliphatic carbocycles. The molecule has 0 radical (unpaired) electrons. The summed E-state index contributed by atoms with van der Waals surface area (Å²) in [6.07, 6.45) is -0.706. The van der Waals surface area contributed by atoms with Crippen molar-refractivity contribution in [1.29, 1.82) is 0 Å². The Morgan fingerprint density at radius 1 is 1.17 bits per heavy atom.